The second-order valence-electron chi connectivity index (χ2n) is 4.45. The molecule has 0 bridgehead atoms. The van der Waals surface area contributed by atoms with Crippen molar-refractivity contribution in [2.75, 3.05) is 42.6 Å². The molecule has 0 fully saturated rings. The summed E-state index contributed by atoms with van der Waals surface area (Å²) in [4.78, 5) is 21.6. The number of likely N-dealkylation sites (N-methyl/N-ethyl adjacent to an activating group) is 1. The SMILES string of the molecule is CNC(=O)/C=C(\C)OP(=O)(OC)OC.COC(=O)/C=C(\C)OP(=O)(OC)OC. The van der Waals surface area contributed by atoms with Gasteiger partial charge in [-0.25, -0.2) is 13.9 Å². The van der Waals surface area contributed by atoms with Gasteiger partial charge in [-0.05, 0) is 13.8 Å². The number of phosphoric acid groups is 2. The first kappa shape index (κ1) is 28.5. The molecule has 0 saturated carbocycles. The van der Waals surface area contributed by atoms with E-state index in [1.165, 1.54) is 56.4 Å². The number of carbonyl (C=O) groups excluding carboxylic acids is 2. The van der Waals surface area contributed by atoms with Crippen molar-refractivity contribution in [1.82, 2.24) is 5.32 Å². The number of methoxy groups -OCH3 is 1. The van der Waals surface area contributed by atoms with Crippen LogP contribution < -0.4 is 5.32 Å². The summed E-state index contributed by atoms with van der Waals surface area (Å²) in [6, 6.07) is 0. The fourth-order valence-corrected chi connectivity index (χ4v) is 2.59. The van der Waals surface area contributed by atoms with Gasteiger partial charge in [0.2, 0.25) is 5.91 Å². The van der Waals surface area contributed by atoms with Crippen LogP contribution >= 0.6 is 15.6 Å². The largest absolute Gasteiger partial charge is 0.529 e. The minimum absolute atomic E-state index is 0.0869. The van der Waals surface area contributed by atoms with Gasteiger partial charge in [0.15, 0.2) is 0 Å². The van der Waals surface area contributed by atoms with Gasteiger partial charge in [0, 0.05) is 41.6 Å². The van der Waals surface area contributed by atoms with Crippen molar-refractivity contribution < 1.29 is 50.6 Å². The third-order valence-corrected chi connectivity index (χ3v) is 5.32. The highest BCUT2D eigenvalue weighted by molar-refractivity contribution is 7.48. The highest BCUT2D eigenvalue weighted by atomic mass is 31.2. The Labute approximate surface area is 164 Å². The molecule has 1 amide bonds. The molecule has 0 rings (SSSR count). The lowest BCUT2D eigenvalue weighted by Crippen LogP contribution is -2.15. The molecule has 12 nitrogen and oxygen atoms in total. The summed E-state index contributed by atoms with van der Waals surface area (Å²) in [6.45, 7) is 2.90. The molecular weight excluding hydrogens is 420 g/mol. The first-order valence-corrected chi connectivity index (χ1v) is 10.3. The summed E-state index contributed by atoms with van der Waals surface area (Å²) in [5, 5.41) is 2.35. The summed E-state index contributed by atoms with van der Waals surface area (Å²) in [5.41, 5.74) is 0. The van der Waals surface area contributed by atoms with Gasteiger partial charge in [-0.3, -0.25) is 22.9 Å². The third kappa shape index (κ3) is 12.7. The highest BCUT2D eigenvalue weighted by Crippen LogP contribution is 2.50. The summed E-state index contributed by atoms with van der Waals surface area (Å²) in [7, 11) is 0.295. The normalized spacial score (nSPS) is 12.4. The Bertz CT molecular complexity index is 588. The summed E-state index contributed by atoms with van der Waals surface area (Å²) in [6.07, 6.45) is 2.18. The second-order valence-corrected chi connectivity index (χ2v) is 8.07. The van der Waals surface area contributed by atoms with Crippen LogP contribution in [-0.4, -0.2) is 54.5 Å². The molecule has 28 heavy (non-hydrogen) atoms. The molecule has 0 aromatic carbocycles. The van der Waals surface area contributed by atoms with Gasteiger partial charge in [-0.15, -0.1) is 0 Å². The van der Waals surface area contributed by atoms with E-state index in [1.807, 2.05) is 0 Å². The van der Waals surface area contributed by atoms with E-state index in [2.05, 4.69) is 28.1 Å². The Balaban J connectivity index is 0. The van der Waals surface area contributed by atoms with Crippen LogP contribution in [0.25, 0.3) is 0 Å². The summed E-state index contributed by atoms with van der Waals surface area (Å²) in [5.74, 6) is -0.734. The maximum atomic E-state index is 11.4. The van der Waals surface area contributed by atoms with Gasteiger partial charge in [0.25, 0.3) is 0 Å². The van der Waals surface area contributed by atoms with Crippen LogP contribution in [0.5, 0.6) is 0 Å². The van der Waals surface area contributed by atoms with Crippen molar-refractivity contribution in [3.05, 3.63) is 23.7 Å². The second kappa shape index (κ2) is 14.3. The Hall–Kier alpha value is -1.68. The molecule has 0 aliphatic rings. The molecule has 0 aromatic heterocycles. The van der Waals surface area contributed by atoms with Crippen LogP contribution in [0.1, 0.15) is 13.8 Å². The first-order chi connectivity index (χ1) is 12.9. The van der Waals surface area contributed by atoms with Crippen molar-refractivity contribution >= 4 is 27.5 Å². The maximum absolute atomic E-state index is 11.4. The lowest BCUT2D eigenvalue weighted by Gasteiger charge is -2.13. The van der Waals surface area contributed by atoms with Crippen LogP contribution in [0.2, 0.25) is 0 Å². The number of esters is 1. The quantitative estimate of drug-likeness (QED) is 0.228. The predicted molar refractivity (Wildman–Crippen MR) is 99.0 cm³/mol. The monoisotopic (exact) mass is 447 g/mol. The number of nitrogens with one attached hydrogen (secondary N) is 1. The number of amides is 1. The zero-order valence-electron chi connectivity index (χ0n) is 17.0. The van der Waals surface area contributed by atoms with Gasteiger partial charge in [0.05, 0.1) is 13.2 Å². The molecule has 0 radical (unpaired) electrons. The molecule has 0 atom stereocenters. The number of hydrogen-bond acceptors (Lipinski definition) is 11. The van der Waals surface area contributed by atoms with Crippen molar-refractivity contribution in [2.45, 2.75) is 13.8 Å². The molecule has 0 aliphatic heterocycles. The fraction of sp³-hybridized carbons (Fsp3) is 0.571. The van der Waals surface area contributed by atoms with Gasteiger partial charge in [0.1, 0.15) is 11.5 Å². The smallest absolute Gasteiger partial charge is 0.466 e. The number of hydrogen-bond donors (Lipinski definition) is 1. The minimum Gasteiger partial charge on any atom is -0.466 e. The predicted octanol–water partition coefficient (Wildman–Crippen LogP) is 2.53. The molecular formula is C14H27NO11P2. The number of ether oxygens (including phenoxy) is 1. The van der Waals surface area contributed by atoms with Gasteiger partial charge in [-0.1, -0.05) is 0 Å². The van der Waals surface area contributed by atoms with E-state index in [0.29, 0.717) is 0 Å². The average Bonchev–Trinajstić information content (AvgIpc) is 2.67. The van der Waals surface area contributed by atoms with Crippen molar-refractivity contribution in [3.8, 4) is 0 Å². The van der Waals surface area contributed by atoms with E-state index in [-0.39, 0.29) is 17.4 Å². The Morgan fingerprint density at radius 1 is 0.750 bits per heavy atom. The molecule has 14 heteroatoms. The molecule has 0 aromatic rings. The topological polar surface area (TPSA) is 145 Å². The summed E-state index contributed by atoms with van der Waals surface area (Å²) < 4.78 is 54.7. The van der Waals surface area contributed by atoms with E-state index < -0.39 is 21.6 Å². The Kier molecular flexibility index (Phi) is 14.6. The van der Waals surface area contributed by atoms with Crippen LogP contribution in [-0.2, 0) is 50.6 Å². The molecule has 1 N–H and O–H groups in total. The van der Waals surface area contributed by atoms with Gasteiger partial charge >= 0.3 is 21.6 Å². The lowest BCUT2D eigenvalue weighted by atomic mass is 10.5. The van der Waals surface area contributed by atoms with Gasteiger partial charge < -0.3 is 19.1 Å². The summed E-state index contributed by atoms with van der Waals surface area (Å²) >= 11 is 0. The zero-order valence-corrected chi connectivity index (χ0v) is 18.8. The van der Waals surface area contributed by atoms with E-state index in [4.69, 9.17) is 9.05 Å². The lowest BCUT2D eigenvalue weighted by molar-refractivity contribution is -0.135. The van der Waals surface area contributed by atoms with Crippen molar-refractivity contribution in [3.63, 3.8) is 0 Å². The van der Waals surface area contributed by atoms with E-state index in [1.54, 1.807) is 0 Å². The molecule has 0 unspecified atom stereocenters. The van der Waals surface area contributed by atoms with Crippen molar-refractivity contribution in [1.29, 1.82) is 0 Å². The number of allylic oxidation sites excluding steroid dienone is 2. The standard InChI is InChI=1S/C7H14NO5P.C7H13O6P/c1-6(5-7(9)8-2)13-14(10,11-3)12-4;1-6(5-7(8)10-2)13-14(9,11-3)12-4/h5H,1-4H3,(H,8,9);5H,1-4H3/b2*6-5+. The van der Waals surface area contributed by atoms with Crippen LogP contribution in [0.15, 0.2) is 23.7 Å². The number of phosphoric ester groups is 2. The third-order valence-electron chi connectivity index (χ3n) is 2.51. The van der Waals surface area contributed by atoms with Gasteiger partial charge in [-0.2, -0.15) is 0 Å². The zero-order chi connectivity index (χ0) is 22.4. The van der Waals surface area contributed by atoms with Crippen LogP contribution in [0.4, 0.5) is 0 Å². The number of rotatable bonds is 10. The Morgan fingerprint density at radius 2 is 1.11 bits per heavy atom. The van der Waals surface area contributed by atoms with E-state index in [9.17, 15) is 18.7 Å². The van der Waals surface area contributed by atoms with Crippen LogP contribution in [0.3, 0.4) is 0 Å². The van der Waals surface area contributed by atoms with Crippen molar-refractivity contribution in [2.24, 2.45) is 0 Å². The van der Waals surface area contributed by atoms with Crippen LogP contribution in [0, 0.1) is 0 Å². The maximum Gasteiger partial charge on any atom is 0.529 e. The fourth-order valence-electron chi connectivity index (χ4n) is 1.19. The first-order valence-electron chi connectivity index (χ1n) is 7.43. The number of carbonyl (C=O) groups is 2. The minimum atomic E-state index is -3.58. The molecule has 0 aliphatic carbocycles. The molecule has 0 heterocycles. The Morgan fingerprint density at radius 3 is 1.39 bits per heavy atom. The highest BCUT2D eigenvalue weighted by Gasteiger charge is 2.25. The van der Waals surface area contributed by atoms with E-state index in [0.717, 1.165) is 12.2 Å². The molecule has 164 valence electrons. The van der Waals surface area contributed by atoms with E-state index >= 15 is 0 Å². The molecule has 0 saturated heterocycles. The molecule has 0 spiro atoms. The average molecular weight is 447 g/mol.